The molecule has 1 aromatic carbocycles. The Balaban J connectivity index is 2.32. The molecule has 4 heteroatoms. The number of carbonyl (C=O) groups excluding carboxylic acids is 1. The van der Waals surface area contributed by atoms with Crippen LogP contribution in [0, 0.1) is 6.92 Å². The highest BCUT2D eigenvalue weighted by molar-refractivity contribution is 6.31. The van der Waals surface area contributed by atoms with Crippen molar-refractivity contribution < 1.29 is 4.79 Å². The van der Waals surface area contributed by atoms with Crippen LogP contribution in [0.15, 0.2) is 36.5 Å². The van der Waals surface area contributed by atoms with Crippen LogP contribution >= 0.6 is 11.6 Å². The lowest BCUT2D eigenvalue weighted by atomic mass is 10.1. The molecule has 1 aromatic heterocycles. The third-order valence-corrected chi connectivity index (χ3v) is 2.88. The SMILES string of the molecule is Cc1ccc(-c2ccc(NC=O)nc2)cc1Cl. The Hall–Kier alpha value is -1.87. The fourth-order valence-electron chi connectivity index (χ4n) is 1.48. The maximum Gasteiger partial charge on any atom is 0.212 e. The summed E-state index contributed by atoms with van der Waals surface area (Å²) in [6, 6.07) is 9.50. The van der Waals surface area contributed by atoms with Gasteiger partial charge in [-0.25, -0.2) is 4.98 Å². The van der Waals surface area contributed by atoms with Gasteiger partial charge in [-0.1, -0.05) is 23.7 Å². The second-order valence-corrected chi connectivity index (χ2v) is 4.07. The molecule has 2 aromatic rings. The van der Waals surface area contributed by atoms with E-state index >= 15 is 0 Å². The Kier molecular flexibility index (Phi) is 3.40. The zero-order valence-electron chi connectivity index (χ0n) is 9.27. The first-order chi connectivity index (χ1) is 8.20. The van der Waals surface area contributed by atoms with Crippen molar-refractivity contribution in [1.82, 2.24) is 4.98 Å². The molecule has 1 heterocycles. The van der Waals surface area contributed by atoms with Crippen molar-refractivity contribution in [3.05, 3.63) is 47.1 Å². The second-order valence-electron chi connectivity index (χ2n) is 3.66. The van der Waals surface area contributed by atoms with Crippen molar-refractivity contribution in [2.75, 3.05) is 5.32 Å². The number of amides is 1. The molecular weight excluding hydrogens is 236 g/mol. The molecule has 0 atom stereocenters. The standard InChI is InChI=1S/C13H11ClN2O/c1-9-2-3-10(6-12(9)14)11-4-5-13(15-7-11)16-8-17/h2-8H,1H3,(H,15,16,17). The average molecular weight is 247 g/mol. The van der Waals surface area contributed by atoms with E-state index in [1.807, 2.05) is 31.2 Å². The number of aromatic nitrogens is 1. The minimum absolute atomic E-state index is 0.530. The monoisotopic (exact) mass is 246 g/mol. The first kappa shape index (κ1) is 11.6. The number of anilines is 1. The predicted molar refractivity (Wildman–Crippen MR) is 69.1 cm³/mol. The lowest BCUT2D eigenvalue weighted by Gasteiger charge is -2.05. The summed E-state index contributed by atoms with van der Waals surface area (Å²) in [7, 11) is 0. The van der Waals surface area contributed by atoms with Gasteiger partial charge in [0, 0.05) is 16.8 Å². The van der Waals surface area contributed by atoms with Crippen molar-refractivity contribution in [2.45, 2.75) is 6.92 Å². The summed E-state index contributed by atoms with van der Waals surface area (Å²) in [5, 5.41) is 3.22. The molecule has 0 aliphatic heterocycles. The van der Waals surface area contributed by atoms with E-state index in [2.05, 4.69) is 10.3 Å². The number of rotatable bonds is 3. The van der Waals surface area contributed by atoms with E-state index in [4.69, 9.17) is 11.6 Å². The Bertz CT molecular complexity index is 538. The van der Waals surface area contributed by atoms with Crippen molar-refractivity contribution in [2.24, 2.45) is 0 Å². The maximum atomic E-state index is 10.2. The van der Waals surface area contributed by atoms with E-state index in [1.165, 1.54) is 0 Å². The molecule has 86 valence electrons. The van der Waals surface area contributed by atoms with Crippen LogP contribution in [0.4, 0.5) is 5.82 Å². The Morgan fingerprint density at radius 2 is 2.00 bits per heavy atom. The molecule has 17 heavy (non-hydrogen) atoms. The summed E-state index contributed by atoms with van der Waals surface area (Å²) < 4.78 is 0. The van der Waals surface area contributed by atoms with Gasteiger partial charge in [-0.2, -0.15) is 0 Å². The van der Waals surface area contributed by atoms with Gasteiger partial charge in [-0.05, 0) is 36.2 Å². The molecule has 1 amide bonds. The maximum absolute atomic E-state index is 10.2. The van der Waals surface area contributed by atoms with Crippen molar-refractivity contribution in [3.63, 3.8) is 0 Å². The highest BCUT2D eigenvalue weighted by Crippen LogP contribution is 2.25. The fraction of sp³-hybridized carbons (Fsp3) is 0.0769. The zero-order valence-corrected chi connectivity index (χ0v) is 10.0. The molecule has 1 N–H and O–H groups in total. The molecule has 3 nitrogen and oxygen atoms in total. The lowest BCUT2D eigenvalue weighted by Crippen LogP contribution is -1.95. The highest BCUT2D eigenvalue weighted by Gasteiger charge is 2.01. The summed E-state index contributed by atoms with van der Waals surface area (Å²) in [4.78, 5) is 14.4. The van der Waals surface area contributed by atoms with Crippen LogP contribution in [0.1, 0.15) is 5.56 Å². The number of aryl methyl sites for hydroxylation is 1. The molecule has 0 spiro atoms. The van der Waals surface area contributed by atoms with E-state index in [0.29, 0.717) is 12.2 Å². The quantitative estimate of drug-likeness (QED) is 0.845. The van der Waals surface area contributed by atoms with Gasteiger partial charge in [-0.15, -0.1) is 0 Å². The van der Waals surface area contributed by atoms with Crippen LogP contribution in [-0.2, 0) is 4.79 Å². The van der Waals surface area contributed by atoms with E-state index < -0.39 is 0 Å². The van der Waals surface area contributed by atoms with Gasteiger partial charge in [0.05, 0.1) is 0 Å². The molecular formula is C13H11ClN2O. The largest absolute Gasteiger partial charge is 0.313 e. The van der Waals surface area contributed by atoms with E-state index in [-0.39, 0.29) is 0 Å². The number of hydrogen-bond acceptors (Lipinski definition) is 2. The summed E-state index contributed by atoms with van der Waals surface area (Å²) >= 11 is 6.07. The van der Waals surface area contributed by atoms with Crippen LogP contribution in [-0.4, -0.2) is 11.4 Å². The summed E-state index contributed by atoms with van der Waals surface area (Å²) in [6.07, 6.45) is 2.30. The van der Waals surface area contributed by atoms with Crippen LogP contribution in [0.5, 0.6) is 0 Å². The molecule has 0 aliphatic rings. The smallest absolute Gasteiger partial charge is 0.212 e. The van der Waals surface area contributed by atoms with Crippen molar-refractivity contribution in [1.29, 1.82) is 0 Å². The van der Waals surface area contributed by atoms with Gasteiger partial charge in [-0.3, -0.25) is 4.79 Å². The Labute approximate surface area is 104 Å². The van der Waals surface area contributed by atoms with E-state index in [9.17, 15) is 4.79 Å². The van der Waals surface area contributed by atoms with E-state index in [0.717, 1.165) is 21.7 Å². The Morgan fingerprint density at radius 1 is 1.24 bits per heavy atom. The van der Waals surface area contributed by atoms with Gasteiger partial charge in [0.2, 0.25) is 6.41 Å². The van der Waals surface area contributed by atoms with Crippen LogP contribution in [0.25, 0.3) is 11.1 Å². The number of nitrogens with one attached hydrogen (secondary N) is 1. The minimum Gasteiger partial charge on any atom is -0.313 e. The van der Waals surface area contributed by atoms with Crippen LogP contribution < -0.4 is 5.32 Å². The van der Waals surface area contributed by atoms with Gasteiger partial charge >= 0.3 is 0 Å². The molecule has 0 saturated carbocycles. The van der Waals surface area contributed by atoms with Crippen molar-refractivity contribution >= 4 is 23.8 Å². The molecule has 0 aliphatic carbocycles. The number of pyridine rings is 1. The molecule has 0 saturated heterocycles. The first-order valence-electron chi connectivity index (χ1n) is 5.13. The van der Waals surface area contributed by atoms with E-state index in [1.54, 1.807) is 12.3 Å². The predicted octanol–water partition coefficient (Wildman–Crippen LogP) is 3.28. The normalized spacial score (nSPS) is 10.0. The summed E-state index contributed by atoms with van der Waals surface area (Å²) in [5.41, 5.74) is 3.01. The third kappa shape index (κ3) is 2.63. The van der Waals surface area contributed by atoms with Crippen LogP contribution in [0.3, 0.4) is 0 Å². The second kappa shape index (κ2) is 4.97. The molecule has 0 bridgehead atoms. The fourth-order valence-corrected chi connectivity index (χ4v) is 1.66. The zero-order chi connectivity index (χ0) is 12.3. The van der Waals surface area contributed by atoms with Crippen molar-refractivity contribution in [3.8, 4) is 11.1 Å². The topological polar surface area (TPSA) is 42.0 Å². The van der Waals surface area contributed by atoms with Gasteiger partial charge in [0.25, 0.3) is 0 Å². The molecule has 2 rings (SSSR count). The number of nitrogens with zero attached hydrogens (tertiary/aromatic N) is 1. The summed E-state index contributed by atoms with van der Waals surface area (Å²) in [5.74, 6) is 0.530. The van der Waals surface area contributed by atoms with Gasteiger partial charge in [0.15, 0.2) is 0 Å². The lowest BCUT2D eigenvalue weighted by molar-refractivity contribution is -0.105. The highest BCUT2D eigenvalue weighted by atomic mass is 35.5. The summed E-state index contributed by atoms with van der Waals surface area (Å²) in [6.45, 7) is 1.96. The first-order valence-corrected chi connectivity index (χ1v) is 5.51. The third-order valence-electron chi connectivity index (χ3n) is 2.48. The molecule has 0 fully saturated rings. The minimum atomic E-state index is 0.530. The number of halogens is 1. The average Bonchev–Trinajstić information content (AvgIpc) is 2.34. The van der Waals surface area contributed by atoms with Gasteiger partial charge < -0.3 is 5.32 Å². The number of hydrogen-bond donors (Lipinski definition) is 1. The van der Waals surface area contributed by atoms with Gasteiger partial charge in [0.1, 0.15) is 5.82 Å². The number of carbonyl (C=O) groups is 1. The number of benzene rings is 1. The Morgan fingerprint density at radius 3 is 2.59 bits per heavy atom. The molecule has 0 radical (unpaired) electrons. The van der Waals surface area contributed by atoms with Crippen LogP contribution in [0.2, 0.25) is 5.02 Å². The molecule has 0 unspecified atom stereocenters.